The number of hydrogen-bond donors (Lipinski definition) is 1. The van der Waals surface area contributed by atoms with Crippen LogP contribution in [0.2, 0.25) is 0 Å². The summed E-state index contributed by atoms with van der Waals surface area (Å²) < 4.78 is 58.2. The quantitative estimate of drug-likeness (QED) is 0.157. The van der Waals surface area contributed by atoms with E-state index in [1.165, 1.54) is 12.1 Å². The normalized spacial score (nSPS) is 11.5. The summed E-state index contributed by atoms with van der Waals surface area (Å²) in [5.41, 5.74) is 2.35. The lowest BCUT2D eigenvalue weighted by Gasteiger charge is -2.16. The fourth-order valence-electron chi connectivity index (χ4n) is 4.28. The maximum Gasteiger partial charge on any atom is 0.416 e. The Kier molecular flexibility index (Phi) is 10.1. The molecule has 0 aliphatic carbocycles. The van der Waals surface area contributed by atoms with E-state index in [0.29, 0.717) is 48.8 Å². The molecule has 4 rings (SSSR count). The van der Waals surface area contributed by atoms with Crippen molar-refractivity contribution in [2.45, 2.75) is 58.4 Å². The molecule has 222 valence electrons. The molecule has 0 atom stereocenters. The fourth-order valence-corrected chi connectivity index (χ4v) is 4.28. The van der Waals surface area contributed by atoms with Crippen LogP contribution in [0.5, 0.6) is 17.4 Å². The van der Waals surface area contributed by atoms with Crippen molar-refractivity contribution in [1.29, 1.82) is 0 Å². The average molecular weight is 583 g/mol. The molecule has 1 aromatic heterocycles. The second-order valence-corrected chi connectivity index (χ2v) is 9.99. The molecule has 1 N–H and O–H groups in total. The fraction of sp³-hybridized carbons (Fsp3) is 0.312. The average Bonchev–Trinajstić information content (AvgIpc) is 3.37. The van der Waals surface area contributed by atoms with Gasteiger partial charge in [0.25, 0.3) is 0 Å². The van der Waals surface area contributed by atoms with Gasteiger partial charge in [-0.05, 0) is 68.1 Å². The molecule has 0 saturated carbocycles. The number of carbonyl (C=O) groups is 1. The van der Waals surface area contributed by atoms with Crippen molar-refractivity contribution >= 4 is 5.97 Å². The number of alkyl halides is 3. The smallest absolute Gasteiger partial charge is 0.416 e. The molecule has 0 aliphatic heterocycles. The number of benzene rings is 3. The van der Waals surface area contributed by atoms with Gasteiger partial charge in [-0.2, -0.15) is 13.2 Å². The highest BCUT2D eigenvalue weighted by Crippen LogP contribution is 2.30. The predicted octanol–water partition coefficient (Wildman–Crippen LogP) is 7.29. The van der Waals surface area contributed by atoms with E-state index in [0.717, 1.165) is 29.1 Å². The molecule has 0 bridgehead atoms. The lowest BCUT2D eigenvalue weighted by Crippen LogP contribution is -2.07. The Bertz CT molecular complexity index is 1450. The van der Waals surface area contributed by atoms with Crippen LogP contribution in [-0.2, 0) is 30.4 Å². The molecule has 0 unspecified atom stereocenters. The highest BCUT2D eigenvalue weighted by molar-refractivity contribution is 5.67. The van der Waals surface area contributed by atoms with Crippen molar-refractivity contribution in [3.63, 3.8) is 0 Å². The van der Waals surface area contributed by atoms with Crippen LogP contribution in [0, 0.1) is 0 Å². The minimum atomic E-state index is -4.39. The first kappa shape index (κ1) is 30.5. The molecule has 42 heavy (non-hydrogen) atoms. The Balaban J connectivity index is 1.41. The van der Waals surface area contributed by atoms with Gasteiger partial charge in [-0.1, -0.05) is 36.4 Å². The standard InChI is InChI=1S/C32H33F3N2O5/c1-22(2)42-28-16-12-24(29(20-28)41-21-23-10-13-25(14-11-23)32(33,34)35)7-6-18-40-30-19-27(15-17-31(38)39)37(36-30)26-8-4-3-5-9-26/h3-5,8-14,16,19-20,22H,6-7,15,17-18,21H2,1-2H3,(H,38,39). The highest BCUT2D eigenvalue weighted by Gasteiger charge is 2.29. The van der Waals surface area contributed by atoms with Gasteiger partial charge >= 0.3 is 12.1 Å². The molecular formula is C32H33F3N2O5. The van der Waals surface area contributed by atoms with Crippen molar-refractivity contribution in [2.24, 2.45) is 0 Å². The van der Waals surface area contributed by atoms with E-state index in [2.05, 4.69) is 5.10 Å². The van der Waals surface area contributed by atoms with Gasteiger partial charge in [0.1, 0.15) is 18.1 Å². The second kappa shape index (κ2) is 13.9. The lowest BCUT2D eigenvalue weighted by molar-refractivity contribution is -0.138. The summed E-state index contributed by atoms with van der Waals surface area (Å²) in [6.07, 6.45) is -2.91. The maximum atomic E-state index is 12.9. The molecule has 1 heterocycles. The zero-order valence-electron chi connectivity index (χ0n) is 23.4. The first-order chi connectivity index (χ1) is 20.1. The van der Waals surface area contributed by atoms with Crippen molar-refractivity contribution in [2.75, 3.05) is 6.61 Å². The minimum Gasteiger partial charge on any atom is -0.491 e. The first-order valence-corrected chi connectivity index (χ1v) is 13.7. The Hall–Kier alpha value is -4.47. The van der Waals surface area contributed by atoms with E-state index in [4.69, 9.17) is 19.3 Å². The number of aliphatic carboxylic acids is 1. The largest absolute Gasteiger partial charge is 0.491 e. The third-order valence-corrected chi connectivity index (χ3v) is 6.28. The molecular weight excluding hydrogens is 549 g/mol. The number of nitrogens with zero attached hydrogens (tertiary/aromatic N) is 2. The number of aryl methyl sites for hydroxylation is 2. The zero-order chi connectivity index (χ0) is 30.1. The molecule has 0 saturated heterocycles. The topological polar surface area (TPSA) is 82.8 Å². The van der Waals surface area contributed by atoms with Crippen LogP contribution in [0.15, 0.2) is 78.9 Å². The Morgan fingerprint density at radius 1 is 0.952 bits per heavy atom. The van der Waals surface area contributed by atoms with Crippen LogP contribution in [0.1, 0.15) is 49.1 Å². The number of carboxylic acids is 1. The van der Waals surface area contributed by atoms with Gasteiger partial charge < -0.3 is 19.3 Å². The summed E-state index contributed by atoms with van der Waals surface area (Å²) in [5.74, 6) is 0.725. The Labute approximate surface area is 242 Å². The van der Waals surface area contributed by atoms with Gasteiger partial charge in [0.15, 0.2) is 0 Å². The molecule has 0 fully saturated rings. The van der Waals surface area contributed by atoms with Crippen molar-refractivity contribution in [3.8, 4) is 23.1 Å². The van der Waals surface area contributed by atoms with Crippen molar-refractivity contribution < 1.29 is 37.3 Å². The second-order valence-electron chi connectivity index (χ2n) is 9.99. The molecule has 10 heteroatoms. The number of rotatable bonds is 14. The van der Waals surface area contributed by atoms with Crippen LogP contribution in [0.4, 0.5) is 13.2 Å². The van der Waals surface area contributed by atoms with Gasteiger partial charge in [-0.15, -0.1) is 5.10 Å². The third-order valence-electron chi connectivity index (χ3n) is 6.28. The van der Waals surface area contributed by atoms with Crippen LogP contribution in [-0.4, -0.2) is 33.6 Å². The third kappa shape index (κ3) is 8.76. The molecule has 3 aromatic carbocycles. The van der Waals surface area contributed by atoms with Crippen molar-refractivity contribution in [3.05, 3.63) is 101 Å². The van der Waals surface area contributed by atoms with E-state index in [1.54, 1.807) is 16.8 Å². The van der Waals surface area contributed by atoms with E-state index in [1.807, 2.05) is 56.3 Å². The van der Waals surface area contributed by atoms with E-state index < -0.39 is 17.7 Å². The van der Waals surface area contributed by atoms with Gasteiger partial charge in [-0.25, -0.2) is 4.68 Å². The first-order valence-electron chi connectivity index (χ1n) is 13.7. The van der Waals surface area contributed by atoms with E-state index in [9.17, 15) is 18.0 Å². The number of hydrogen-bond acceptors (Lipinski definition) is 5. The monoisotopic (exact) mass is 582 g/mol. The summed E-state index contributed by atoms with van der Waals surface area (Å²) in [5, 5.41) is 13.7. The summed E-state index contributed by atoms with van der Waals surface area (Å²) in [4.78, 5) is 11.1. The minimum absolute atomic E-state index is 0.0241. The summed E-state index contributed by atoms with van der Waals surface area (Å²) in [6.45, 7) is 4.29. The highest BCUT2D eigenvalue weighted by atomic mass is 19.4. The predicted molar refractivity (Wildman–Crippen MR) is 151 cm³/mol. The number of aromatic nitrogens is 2. The van der Waals surface area contributed by atoms with Gasteiger partial charge in [0.05, 0.1) is 30.4 Å². The molecule has 0 amide bonds. The molecule has 4 aromatic rings. The van der Waals surface area contributed by atoms with Crippen molar-refractivity contribution in [1.82, 2.24) is 9.78 Å². The van der Waals surface area contributed by atoms with E-state index >= 15 is 0 Å². The zero-order valence-corrected chi connectivity index (χ0v) is 23.4. The SMILES string of the molecule is CC(C)Oc1ccc(CCCOc2cc(CCC(=O)O)n(-c3ccccc3)n2)c(OCc2ccc(C(F)(F)F)cc2)c1. The summed E-state index contributed by atoms with van der Waals surface area (Å²) in [7, 11) is 0. The summed E-state index contributed by atoms with van der Waals surface area (Å²) in [6, 6.07) is 21.6. The Morgan fingerprint density at radius 3 is 2.36 bits per heavy atom. The number of halogens is 3. The number of ether oxygens (including phenoxy) is 3. The number of carboxylic acid groups (broad SMARTS) is 1. The van der Waals surface area contributed by atoms with Gasteiger partial charge in [-0.3, -0.25) is 4.79 Å². The van der Waals surface area contributed by atoms with E-state index in [-0.39, 0.29) is 19.1 Å². The molecule has 0 aliphatic rings. The van der Waals surface area contributed by atoms with Crippen LogP contribution < -0.4 is 14.2 Å². The maximum absolute atomic E-state index is 12.9. The number of para-hydroxylation sites is 1. The molecule has 0 spiro atoms. The molecule has 7 nitrogen and oxygen atoms in total. The van der Waals surface area contributed by atoms with Crippen LogP contribution in [0.3, 0.4) is 0 Å². The van der Waals surface area contributed by atoms with Gasteiger partial charge in [0, 0.05) is 24.2 Å². The van der Waals surface area contributed by atoms with Gasteiger partial charge in [0.2, 0.25) is 5.88 Å². The molecule has 0 radical (unpaired) electrons. The van der Waals surface area contributed by atoms with Crippen LogP contribution >= 0.6 is 0 Å². The Morgan fingerprint density at radius 2 is 1.69 bits per heavy atom. The lowest BCUT2D eigenvalue weighted by atomic mass is 10.1. The van der Waals surface area contributed by atoms with Crippen LogP contribution in [0.25, 0.3) is 5.69 Å². The summed E-state index contributed by atoms with van der Waals surface area (Å²) >= 11 is 0.